The van der Waals surface area contributed by atoms with Gasteiger partial charge in [-0.3, -0.25) is 0 Å². The van der Waals surface area contributed by atoms with Gasteiger partial charge in [0, 0.05) is 4.47 Å². The lowest BCUT2D eigenvalue weighted by Gasteiger charge is -2.18. The van der Waals surface area contributed by atoms with E-state index in [4.69, 9.17) is 9.26 Å². The minimum Gasteiger partial charge on any atom is -0.454 e. The molecule has 0 N–H and O–H groups in total. The number of benzene rings is 1. The van der Waals surface area contributed by atoms with Gasteiger partial charge in [0.15, 0.2) is 0 Å². The van der Waals surface area contributed by atoms with Gasteiger partial charge in [-0.15, -0.1) is 0 Å². The third-order valence-corrected chi connectivity index (χ3v) is 2.52. The van der Waals surface area contributed by atoms with Gasteiger partial charge in [-0.25, -0.2) is 4.79 Å². The molecule has 0 unspecified atom stereocenters. The summed E-state index contributed by atoms with van der Waals surface area (Å²) >= 11 is 3.34. The van der Waals surface area contributed by atoms with E-state index in [2.05, 4.69) is 21.1 Å². The Balaban J connectivity index is 2.42. The SMILES string of the molecule is CC(C)(C)OC(=O)c1onc2ccc(Br)cc12. The smallest absolute Gasteiger partial charge is 0.378 e. The van der Waals surface area contributed by atoms with Crippen molar-refractivity contribution in [2.45, 2.75) is 26.4 Å². The standard InChI is InChI=1S/C12H12BrNO3/c1-12(2,3)16-11(15)10-8-6-7(13)4-5-9(8)14-17-10/h4-6H,1-3H3. The number of fused-ring (bicyclic) bond motifs is 1. The lowest BCUT2D eigenvalue weighted by atomic mass is 10.2. The van der Waals surface area contributed by atoms with Gasteiger partial charge in [0.2, 0.25) is 0 Å². The Bertz CT molecular complexity index is 569. The Morgan fingerprint density at radius 1 is 1.41 bits per heavy atom. The number of aromatic nitrogens is 1. The van der Waals surface area contributed by atoms with E-state index < -0.39 is 11.6 Å². The summed E-state index contributed by atoms with van der Waals surface area (Å²) in [5.74, 6) is -0.366. The first kappa shape index (κ1) is 12.1. The molecule has 0 aliphatic heterocycles. The molecule has 0 aliphatic rings. The first-order valence-corrected chi connectivity index (χ1v) is 5.94. The molecule has 0 bridgehead atoms. The highest BCUT2D eigenvalue weighted by Gasteiger charge is 2.23. The van der Waals surface area contributed by atoms with Crippen LogP contribution in [0.2, 0.25) is 0 Å². The summed E-state index contributed by atoms with van der Waals surface area (Å²) in [5, 5.41) is 4.46. The first-order valence-electron chi connectivity index (χ1n) is 5.15. The Hall–Kier alpha value is -1.36. The second-order valence-electron chi connectivity index (χ2n) is 4.68. The molecule has 0 radical (unpaired) electrons. The molecule has 0 spiro atoms. The van der Waals surface area contributed by atoms with Crippen LogP contribution in [0.4, 0.5) is 0 Å². The normalized spacial score (nSPS) is 11.8. The van der Waals surface area contributed by atoms with E-state index in [1.807, 2.05) is 6.07 Å². The first-order chi connectivity index (χ1) is 7.87. The minimum absolute atomic E-state index is 0.135. The predicted octanol–water partition coefficient (Wildman–Crippen LogP) is 3.55. The molecule has 5 heteroatoms. The fraction of sp³-hybridized carbons (Fsp3) is 0.333. The van der Waals surface area contributed by atoms with E-state index in [0.717, 1.165) is 4.47 Å². The van der Waals surface area contributed by atoms with Crippen LogP contribution in [0.5, 0.6) is 0 Å². The number of esters is 1. The second kappa shape index (κ2) is 4.14. The van der Waals surface area contributed by atoms with Gasteiger partial charge in [0.05, 0.1) is 5.39 Å². The van der Waals surface area contributed by atoms with Crippen molar-refractivity contribution in [3.05, 3.63) is 28.4 Å². The molecule has 4 nitrogen and oxygen atoms in total. The number of nitrogens with zero attached hydrogens (tertiary/aromatic N) is 1. The summed E-state index contributed by atoms with van der Waals surface area (Å²) in [4.78, 5) is 11.9. The van der Waals surface area contributed by atoms with Crippen molar-refractivity contribution in [3.63, 3.8) is 0 Å². The Kier molecular flexibility index (Phi) is 2.95. The van der Waals surface area contributed by atoms with Crippen LogP contribution in [-0.4, -0.2) is 16.7 Å². The van der Waals surface area contributed by atoms with Crippen molar-refractivity contribution >= 4 is 32.8 Å². The quantitative estimate of drug-likeness (QED) is 0.756. The summed E-state index contributed by atoms with van der Waals surface area (Å²) in [5.41, 5.74) is 0.0800. The van der Waals surface area contributed by atoms with Crippen molar-refractivity contribution in [1.29, 1.82) is 0 Å². The molecule has 0 atom stereocenters. The molecule has 2 rings (SSSR count). The fourth-order valence-corrected chi connectivity index (χ4v) is 1.75. The molecule has 17 heavy (non-hydrogen) atoms. The van der Waals surface area contributed by atoms with Gasteiger partial charge < -0.3 is 9.26 Å². The maximum atomic E-state index is 11.9. The highest BCUT2D eigenvalue weighted by atomic mass is 79.9. The van der Waals surface area contributed by atoms with E-state index in [1.54, 1.807) is 32.9 Å². The van der Waals surface area contributed by atoms with E-state index in [-0.39, 0.29) is 5.76 Å². The molecule has 2 aromatic rings. The molecule has 1 aromatic carbocycles. The molecule has 0 saturated carbocycles. The second-order valence-corrected chi connectivity index (χ2v) is 5.59. The molecular weight excluding hydrogens is 286 g/mol. The monoisotopic (exact) mass is 297 g/mol. The maximum Gasteiger partial charge on any atom is 0.378 e. The van der Waals surface area contributed by atoms with Crippen LogP contribution in [0.1, 0.15) is 31.3 Å². The predicted molar refractivity (Wildman–Crippen MR) is 66.9 cm³/mol. The molecular formula is C12H12BrNO3. The number of rotatable bonds is 1. The number of hydrogen-bond donors (Lipinski definition) is 0. The third-order valence-electron chi connectivity index (χ3n) is 2.02. The molecule has 0 saturated heterocycles. The highest BCUT2D eigenvalue weighted by molar-refractivity contribution is 9.10. The van der Waals surface area contributed by atoms with Crippen molar-refractivity contribution in [3.8, 4) is 0 Å². The molecule has 90 valence electrons. The lowest BCUT2D eigenvalue weighted by molar-refractivity contribution is 0.00308. The summed E-state index contributed by atoms with van der Waals surface area (Å²) in [6, 6.07) is 5.39. The zero-order chi connectivity index (χ0) is 12.6. The van der Waals surface area contributed by atoms with Gasteiger partial charge in [-0.05, 0) is 39.0 Å². The van der Waals surface area contributed by atoms with E-state index >= 15 is 0 Å². The van der Waals surface area contributed by atoms with Crippen LogP contribution in [0.15, 0.2) is 27.2 Å². The molecule has 1 heterocycles. The van der Waals surface area contributed by atoms with Crippen LogP contribution in [0, 0.1) is 0 Å². The molecule has 0 fully saturated rings. The van der Waals surface area contributed by atoms with E-state index in [9.17, 15) is 4.79 Å². The number of carbonyl (C=O) groups is 1. The van der Waals surface area contributed by atoms with Gasteiger partial charge in [0.25, 0.3) is 5.76 Å². The summed E-state index contributed by atoms with van der Waals surface area (Å²) in [6.45, 7) is 5.41. The average Bonchev–Trinajstić information content (AvgIpc) is 2.57. The van der Waals surface area contributed by atoms with Crippen molar-refractivity contribution in [1.82, 2.24) is 5.16 Å². The van der Waals surface area contributed by atoms with Crippen LogP contribution < -0.4 is 0 Å². The topological polar surface area (TPSA) is 52.3 Å². The Morgan fingerprint density at radius 3 is 2.76 bits per heavy atom. The van der Waals surface area contributed by atoms with Crippen molar-refractivity contribution < 1.29 is 14.1 Å². The lowest BCUT2D eigenvalue weighted by Crippen LogP contribution is -2.23. The Morgan fingerprint density at radius 2 is 2.12 bits per heavy atom. The number of carbonyl (C=O) groups excluding carboxylic acids is 1. The summed E-state index contributed by atoms with van der Waals surface area (Å²) in [7, 11) is 0. The van der Waals surface area contributed by atoms with Crippen molar-refractivity contribution in [2.24, 2.45) is 0 Å². The zero-order valence-electron chi connectivity index (χ0n) is 9.78. The summed E-state index contributed by atoms with van der Waals surface area (Å²) in [6.07, 6.45) is 0. The van der Waals surface area contributed by atoms with Gasteiger partial charge >= 0.3 is 5.97 Å². The molecule has 1 aromatic heterocycles. The third kappa shape index (κ3) is 2.66. The van der Waals surface area contributed by atoms with E-state index in [0.29, 0.717) is 10.9 Å². The van der Waals surface area contributed by atoms with Gasteiger partial charge in [-0.2, -0.15) is 0 Å². The van der Waals surface area contributed by atoms with Crippen molar-refractivity contribution in [2.75, 3.05) is 0 Å². The number of ether oxygens (including phenoxy) is 1. The summed E-state index contributed by atoms with van der Waals surface area (Å²) < 4.78 is 11.1. The van der Waals surface area contributed by atoms with Crippen LogP contribution >= 0.6 is 15.9 Å². The fourth-order valence-electron chi connectivity index (χ4n) is 1.39. The van der Waals surface area contributed by atoms with Crippen LogP contribution in [-0.2, 0) is 4.74 Å². The largest absolute Gasteiger partial charge is 0.454 e. The van der Waals surface area contributed by atoms with Crippen LogP contribution in [0.25, 0.3) is 10.9 Å². The highest BCUT2D eigenvalue weighted by Crippen LogP contribution is 2.24. The molecule has 0 amide bonds. The zero-order valence-corrected chi connectivity index (χ0v) is 11.4. The Labute approximate surface area is 107 Å². The average molecular weight is 298 g/mol. The molecule has 0 aliphatic carbocycles. The van der Waals surface area contributed by atoms with Gasteiger partial charge in [0.1, 0.15) is 11.1 Å². The maximum absolute atomic E-state index is 11.9. The number of halogens is 1. The van der Waals surface area contributed by atoms with Crippen LogP contribution in [0.3, 0.4) is 0 Å². The van der Waals surface area contributed by atoms with Gasteiger partial charge in [-0.1, -0.05) is 21.1 Å². The van der Waals surface area contributed by atoms with E-state index in [1.165, 1.54) is 0 Å². The number of hydrogen-bond acceptors (Lipinski definition) is 4. The minimum atomic E-state index is -0.553.